The number of hydrogen-bond donors (Lipinski definition) is 1. The van der Waals surface area contributed by atoms with Crippen LogP contribution in [-0.4, -0.2) is 21.5 Å². The number of rotatable bonds is 3. The van der Waals surface area contributed by atoms with Crippen molar-refractivity contribution in [2.24, 2.45) is 0 Å². The van der Waals surface area contributed by atoms with Gasteiger partial charge in [-0.15, -0.1) is 0 Å². The molecular formula is C21H14N4O2S. The van der Waals surface area contributed by atoms with E-state index in [9.17, 15) is 9.59 Å². The molecule has 1 N–H and O–H groups in total. The van der Waals surface area contributed by atoms with Crippen molar-refractivity contribution < 1.29 is 9.59 Å². The first-order chi connectivity index (χ1) is 13.6. The lowest BCUT2D eigenvalue weighted by Gasteiger charge is -2.28. The summed E-state index contributed by atoms with van der Waals surface area (Å²) in [5, 5.41) is 12.5. The zero-order valence-electron chi connectivity index (χ0n) is 14.6. The molecule has 3 aromatic rings. The summed E-state index contributed by atoms with van der Waals surface area (Å²) in [6.45, 7) is 0.171. The van der Waals surface area contributed by atoms with E-state index in [-0.39, 0.29) is 17.2 Å². The predicted octanol–water partition coefficient (Wildman–Crippen LogP) is 3.00. The zero-order chi connectivity index (χ0) is 19.7. The van der Waals surface area contributed by atoms with Gasteiger partial charge in [-0.25, -0.2) is 0 Å². The van der Waals surface area contributed by atoms with E-state index in [1.54, 1.807) is 41.1 Å². The minimum atomic E-state index is -0.542. The Bertz CT molecular complexity index is 1190. The number of para-hydroxylation sites is 2. The number of nitrogens with zero attached hydrogens (tertiary/aromatic N) is 3. The van der Waals surface area contributed by atoms with Crippen molar-refractivity contribution in [3.63, 3.8) is 0 Å². The van der Waals surface area contributed by atoms with E-state index in [2.05, 4.69) is 11.4 Å². The molecule has 0 aliphatic carbocycles. The molecule has 2 amide bonds. The molecule has 1 fully saturated rings. The van der Waals surface area contributed by atoms with Crippen LogP contribution in [0, 0.1) is 11.3 Å². The van der Waals surface area contributed by atoms with E-state index in [0.717, 1.165) is 10.9 Å². The number of carbonyl (C=O) groups excluding carboxylic acids is 2. The van der Waals surface area contributed by atoms with Crippen LogP contribution in [0.5, 0.6) is 0 Å². The largest absolute Gasteiger partial charge is 0.333 e. The first-order valence-electron chi connectivity index (χ1n) is 8.51. The smallest absolute Gasteiger partial charge is 0.270 e. The lowest BCUT2D eigenvalue weighted by atomic mass is 10.1. The third kappa shape index (κ3) is 2.96. The summed E-state index contributed by atoms with van der Waals surface area (Å²) in [4.78, 5) is 26.9. The van der Waals surface area contributed by atoms with Gasteiger partial charge in [-0.3, -0.25) is 19.8 Å². The maximum Gasteiger partial charge on any atom is 0.270 e. The van der Waals surface area contributed by atoms with Crippen LogP contribution in [0.15, 0.2) is 66.4 Å². The van der Waals surface area contributed by atoms with Crippen LogP contribution in [0.2, 0.25) is 0 Å². The van der Waals surface area contributed by atoms with Gasteiger partial charge in [0.1, 0.15) is 12.1 Å². The molecule has 0 spiro atoms. The Kier molecular flexibility index (Phi) is 4.47. The normalized spacial score (nSPS) is 15.8. The number of fused-ring (bicyclic) bond motifs is 1. The van der Waals surface area contributed by atoms with Crippen molar-refractivity contribution in [3.05, 3.63) is 71.9 Å². The van der Waals surface area contributed by atoms with Gasteiger partial charge in [0.15, 0.2) is 5.11 Å². The molecule has 1 saturated heterocycles. The van der Waals surface area contributed by atoms with Gasteiger partial charge >= 0.3 is 0 Å². The van der Waals surface area contributed by atoms with Crippen LogP contribution in [0.3, 0.4) is 0 Å². The minimum Gasteiger partial charge on any atom is -0.333 e. The molecule has 7 heteroatoms. The average molecular weight is 386 g/mol. The standard InChI is InChI=1S/C21H14N4O2S/c22-10-11-24-13-14(16-8-4-5-9-18(16)24)12-17-19(26)23-21(28)25(20(17)27)15-6-2-1-3-7-15/h1-9,12-13H,11H2,(H,23,26,28). The maximum absolute atomic E-state index is 13.1. The van der Waals surface area contributed by atoms with Gasteiger partial charge in [0.25, 0.3) is 11.8 Å². The third-order valence-corrected chi connectivity index (χ3v) is 4.76. The number of benzene rings is 2. The quantitative estimate of drug-likeness (QED) is 0.426. The topological polar surface area (TPSA) is 78.1 Å². The van der Waals surface area contributed by atoms with Crippen molar-refractivity contribution in [1.29, 1.82) is 5.26 Å². The van der Waals surface area contributed by atoms with Crippen LogP contribution in [0.1, 0.15) is 5.56 Å². The number of amides is 2. The summed E-state index contributed by atoms with van der Waals surface area (Å²) in [5.41, 5.74) is 2.10. The number of aromatic nitrogens is 1. The second kappa shape index (κ2) is 7.10. The van der Waals surface area contributed by atoms with Crippen LogP contribution in [-0.2, 0) is 16.1 Å². The van der Waals surface area contributed by atoms with Gasteiger partial charge in [0, 0.05) is 22.7 Å². The van der Waals surface area contributed by atoms with Crippen molar-refractivity contribution in [3.8, 4) is 6.07 Å². The number of hydrogen-bond acceptors (Lipinski definition) is 4. The van der Waals surface area contributed by atoms with E-state index in [4.69, 9.17) is 17.5 Å². The molecule has 0 radical (unpaired) electrons. The minimum absolute atomic E-state index is 0.0164. The van der Waals surface area contributed by atoms with Crippen molar-refractivity contribution in [1.82, 2.24) is 9.88 Å². The lowest BCUT2D eigenvalue weighted by Crippen LogP contribution is -2.54. The summed E-state index contributed by atoms with van der Waals surface area (Å²) in [5.74, 6) is -1.03. The second-order valence-corrected chi connectivity index (χ2v) is 6.57. The number of anilines is 1. The number of nitrogens with one attached hydrogen (secondary N) is 1. The summed E-state index contributed by atoms with van der Waals surface area (Å²) in [6.07, 6.45) is 3.31. The molecule has 1 aliphatic heterocycles. The van der Waals surface area contributed by atoms with Crippen molar-refractivity contribution in [2.75, 3.05) is 4.90 Å². The SMILES string of the molecule is N#CCn1cc(C=C2C(=O)NC(=S)N(c3ccccc3)C2=O)c2ccccc21. The third-order valence-electron chi connectivity index (χ3n) is 4.48. The summed E-state index contributed by atoms with van der Waals surface area (Å²) < 4.78 is 1.78. The van der Waals surface area contributed by atoms with E-state index in [1.165, 1.54) is 4.90 Å². The number of carbonyl (C=O) groups is 2. The first-order valence-corrected chi connectivity index (χ1v) is 8.92. The molecule has 0 bridgehead atoms. The summed E-state index contributed by atoms with van der Waals surface area (Å²) in [6, 6.07) is 18.6. The molecule has 4 rings (SSSR count). The Morgan fingerprint density at radius 1 is 1.07 bits per heavy atom. The molecule has 0 saturated carbocycles. The first kappa shape index (κ1) is 17.6. The van der Waals surface area contributed by atoms with Crippen molar-refractivity contribution in [2.45, 2.75) is 6.54 Å². The second-order valence-electron chi connectivity index (χ2n) is 6.18. The fourth-order valence-corrected chi connectivity index (χ4v) is 3.50. The molecule has 0 unspecified atom stereocenters. The van der Waals surface area contributed by atoms with Gasteiger partial charge in [0.05, 0.1) is 11.8 Å². The number of nitriles is 1. The van der Waals surface area contributed by atoms with E-state index in [1.807, 2.05) is 30.3 Å². The predicted molar refractivity (Wildman–Crippen MR) is 110 cm³/mol. The maximum atomic E-state index is 13.1. The highest BCUT2D eigenvalue weighted by Crippen LogP contribution is 2.26. The Labute approximate surface area is 166 Å². The highest BCUT2D eigenvalue weighted by molar-refractivity contribution is 7.80. The van der Waals surface area contributed by atoms with Crippen LogP contribution < -0.4 is 10.2 Å². The molecule has 1 aliphatic rings. The van der Waals surface area contributed by atoms with Crippen LogP contribution in [0.4, 0.5) is 5.69 Å². The van der Waals surface area contributed by atoms with E-state index < -0.39 is 11.8 Å². The fourth-order valence-electron chi connectivity index (χ4n) is 3.22. The van der Waals surface area contributed by atoms with Gasteiger partial charge in [0.2, 0.25) is 0 Å². The Balaban J connectivity index is 1.82. The summed E-state index contributed by atoms with van der Waals surface area (Å²) >= 11 is 5.20. The highest BCUT2D eigenvalue weighted by Gasteiger charge is 2.34. The van der Waals surface area contributed by atoms with Crippen molar-refractivity contribution >= 4 is 51.8 Å². The molecule has 0 atom stereocenters. The van der Waals surface area contributed by atoms with Gasteiger partial charge < -0.3 is 4.57 Å². The molecule has 6 nitrogen and oxygen atoms in total. The highest BCUT2D eigenvalue weighted by atomic mass is 32.1. The lowest BCUT2D eigenvalue weighted by molar-refractivity contribution is -0.122. The van der Waals surface area contributed by atoms with Gasteiger partial charge in [-0.2, -0.15) is 5.26 Å². The van der Waals surface area contributed by atoms with Crippen LogP contribution in [0.25, 0.3) is 17.0 Å². The van der Waals surface area contributed by atoms with Gasteiger partial charge in [-0.05, 0) is 36.5 Å². The Hall–Kier alpha value is -3.76. The fraction of sp³-hybridized carbons (Fsp3) is 0.0476. The van der Waals surface area contributed by atoms with Crippen LogP contribution >= 0.6 is 12.2 Å². The zero-order valence-corrected chi connectivity index (χ0v) is 15.4. The molecule has 28 heavy (non-hydrogen) atoms. The monoisotopic (exact) mass is 386 g/mol. The average Bonchev–Trinajstić information content (AvgIpc) is 3.04. The van der Waals surface area contributed by atoms with Gasteiger partial charge in [-0.1, -0.05) is 36.4 Å². The molecule has 2 heterocycles. The molecule has 1 aromatic heterocycles. The summed E-state index contributed by atoms with van der Waals surface area (Å²) in [7, 11) is 0. The van der Waals surface area contributed by atoms with E-state index >= 15 is 0 Å². The van der Waals surface area contributed by atoms with E-state index in [0.29, 0.717) is 11.3 Å². The number of thiocarbonyl (C=S) groups is 1. The Morgan fingerprint density at radius 2 is 1.79 bits per heavy atom. The Morgan fingerprint density at radius 3 is 2.54 bits per heavy atom. The molecule has 136 valence electrons. The molecular weight excluding hydrogens is 372 g/mol. The molecule has 2 aromatic carbocycles.